The Balaban J connectivity index is 2.61. The van der Waals surface area contributed by atoms with Gasteiger partial charge in [0.25, 0.3) is 0 Å². The number of hydrazone groups is 1. The van der Waals surface area contributed by atoms with Gasteiger partial charge in [0.05, 0.1) is 17.2 Å². The van der Waals surface area contributed by atoms with Crippen molar-refractivity contribution >= 4 is 33.1 Å². The summed E-state index contributed by atoms with van der Waals surface area (Å²) in [7, 11) is 3.57. The lowest BCUT2D eigenvalue weighted by Gasteiger charge is -2.02. The van der Waals surface area contributed by atoms with E-state index in [1.54, 1.807) is 31.2 Å². The molecule has 0 saturated carbocycles. The van der Waals surface area contributed by atoms with Crippen LogP contribution >= 0.6 is 15.9 Å². The normalized spacial score (nSPS) is 11.2. The molecule has 1 aromatic carbocycles. The summed E-state index contributed by atoms with van der Waals surface area (Å²) < 4.78 is 6.23. The molecule has 0 aliphatic heterocycles. The van der Waals surface area contributed by atoms with Crippen molar-refractivity contribution < 1.29 is 4.42 Å². The monoisotopic (exact) mass is 294 g/mol. The van der Waals surface area contributed by atoms with E-state index < -0.39 is 0 Å². The van der Waals surface area contributed by atoms with E-state index >= 15 is 0 Å². The van der Waals surface area contributed by atoms with E-state index in [9.17, 15) is 4.79 Å². The van der Waals surface area contributed by atoms with Crippen molar-refractivity contribution in [1.82, 2.24) is 5.01 Å². The van der Waals surface area contributed by atoms with E-state index in [4.69, 9.17) is 4.42 Å². The average molecular weight is 295 g/mol. The lowest BCUT2D eigenvalue weighted by Crippen LogP contribution is -2.10. The molecule has 0 spiro atoms. The first-order valence-electron chi connectivity index (χ1n) is 5.00. The van der Waals surface area contributed by atoms with Crippen molar-refractivity contribution in [3.63, 3.8) is 0 Å². The third-order valence-corrected chi connectivity index (χ3v) is 2.68. The summed E-state index contributed by atoms with van der Waals surface area (Å²) in [6, 6.07) is 5.33. The topological polar surface area (TPSA) is 45.8 Å². The van der Waals surface area contributed by atoms with Gasteiger partial charge >= 0.3 is 0 Å². The summed E-state index contributed by atoms with van der Waals surface area (Å²) >= 11 is 3.33. The van der Waals surface area contributed by atoms with Gasteiger partial charge in [0, 0.05) is 18.6 Å². The summed E-state index contributed by atoms with van der Waals surface area (Å²) in [5, 5.41) is 6.18. The van der Waals surface area contributed by atoms with Crippen LogP contribution in [0.2, 0.25) is 0 Å². The molecule has 2 rings (SSSR count). The number of benzene rings is 1. The number of nitrogens with zero attached hydrogens (tertiary/aromatic N) is 2. The third-order valence-electron chi connectivity index (χ3n) is 2.19. The molecule has 88 valence electrons. The predicted octanol–water partition coefficient (Wildman–Crippen LogP) is 2.45. The maximum absolute atomic E-state index is 12.1. The highest BCUT2D eigenvalue weighted by Crippen LogP contribution is 2.17. The van der Waals surface area contributed by atoms with Gasteiger partial charge in [-0.3, -0.25) is 4.79 Å². The fourth-order valence-electron chi connectivity index (χ4n) is 1.39. The Morgan fingerprint density at radius 3 is 2.88 bits per heavy atom. The second-order valence-electron chi connectivity index (χ2n) is 3.75. The molecule has 4 nitrogen and oxygen atoms in total. The minimum absolute atomic E-state index is 0.0850. The molecule has 5 heteroatoms. The first kappa shape index (κ1) is 11.9. The van der Waals surface area contributed by atoms with Crippen LogP contribution in [0.5, 0.6) is 0 Å². The highest BCUT2D eigenvalue weighted by Gasteiger charge is 2.05. The highest BCUT2D eigenvalue weighted by atomic mass is 79.9. The number of rotatable bonds is 2. The largest absolute Gasteiger partial charge is 0.463 e. The van der Waals surface area contributed by atoms with Crippen molar-refractivity contribution in [1.29, 1.82) is 0 Å². The van der Waals surface area contributed by atoms with Gasteiger partial charge in [0.15, 0.2) is 0 Å². The van der Waals surface area contributed by atoms with Crippen LogP contribution < -0.4 is 5.43 Å². The molecule has 2 aromatic rings. The van der Waals surface area contributed by atoms with Crippen LogP contribution in [0.3, 0.4) is 0 Å². The molecule has 0 aliphatic carbocycles. The molecule has 1 heterocycles. The molecule has 0 bridgehead atoms. The van der Waals surface area contributed by atoms with Gasteiger partial charge in [-0.15, -0.1) is 0 Å². The maximum atomic E-state index is 12.1. The fraction of sp³-hybridized carbons (Fsp3) is 0.167. The van der Waals surface area contributed by atoms with Crippen LogP contribution in [0.1, 0.15) is 5.56 Å². The Morgan fingerprint density at radius 2 is 2.18 bits per heavy atom. The van der Waals surface area contributed by atoms with Crippen molar-refractivity contribution in [3.8, 4) is 0 Å². The van der Waals surface area contributed by atoms with Crippen LogP contribution in [0.25, 0.3) is 11.0 Å². The Kier molecular flexibility index (Phi) is 3.28. The van der Waals surface area contributed by atoms with Gasteiger partial charge in [-0.2, -0.15) is 5.10 Å². The molecular formula is C12H11BrN2O2. The fourth-order valence-corrected chi connectivity index (χ4v) is 1.75. The van der Waals surface area contributed by atoms with Crippen molar-refractivity contribution in [3.05, 3.63) is 44.7 Å². The van der Waals surface area contributed by atoms with Gasteiger partial charge in [-0.1, -0.05) is 15.9 Å². The van der Waals surface area contributed by atoms with Crippen LogP contribution in [-0.4, -0.2) is 25.3 Å². The van der Waals surface area contributed by atoms with Gasteiger partial charge in [-0.05, 0) is 18.2 Å². The van der Waals surface area contributed by atoms with Crippen LogP contribution in [0, 0.1) is 0 Å². The van der Waals surface area contributed by atoms with Gasteiger partial charge < -0.3 is 9.43 Å². The number of fused-ring (bicyclic) bond motifs is 1. The minimum atomic E-state index is -0.0850. The molecule has 1 aromatic heterocycles. The van der Waals surface area contributed by atoms with E-state index in [1.807, 2.05) is 6.07 Å². The summed E-state index contributed by atoms with van der Waals surface area (Å²) in [5.41, 5.74) is 0.919. The molecule has 0 unspecified atom stereocenters. The van der Waals surface area contributed by atoms with E-state index in [0.29, 0.717) is 16.5 Å². The van der Waals surface area contributed by atoms with E-state index in [0.717, 1.165) is 4.47 Å². The van der Waals surface area contributed by atoms with E-state index in [1.165, 1.54) is 12.5 Å². The minimum Gasteiger partial charge on any atom is -0.463 e. The molecule has 17 heavy (non-hydrogen) atoms. The predicted molar refractivity (Wildman–Crippen MR) is 71.5 cm³/mol. The van der Waals surface area contributed by atoms with Crippen LogP contribution in [-0.2, 0) is 0 Å². The summed E-state index contributed by atoms with van der Waals surface area (Å²) in [5.74, 6) is 0. The zero-order valence-electron chi connectivity index (χ0n) is 9.48. The molecule has 0 fully saturated rings. The Bertz CT molecular complexity index is 632. The molecule has 0 saturated heterocycles. The Hall–Kier alpha value is -1.62. The molecular weight excluding hydrogens is 284 g/mol. The smallest absolute Gasteiger partial charge is 0.201 e. The second kappa shape index (κ2) is 4.71. The van der Waals surface area contributed by atoms with E-state index in [2.05, 4.69) is 21.0 Å². The van der Waals surface area contributed by atoms with Gasteiger partial charge in [0.1, 0.15) is 11.8 Å². The lowest BCUT2D eigenvalue weighted by atomic mass is 10.2. The van der Waals surface area contributed by atoms with Crippen molar-refractivity contribution in [2.45, 2.75) is 0 Å². The van der Waals surface area contributed by atoms with Crippen molar-refractivity contribution in [2.24, 2.45) is 5.10 Å². The van der Waals surface area contributed by atoms with Crippen LogP contribution in [0.4, 0.5) is 0 Å². The van der Waals surface area contributed by atoms with E-state index in [-0.39, 0.29) is 5.43 Å². The first-order chi connectivity index (χ1) is 8.08. The Morgan fingerprint density at radius 1 is 1.41 bits per heavy atom. The molecule has 0 amide bonds. The zero-order chi connectivity index (χ0) is 12.4. The maximum Gasteiger partial charge on any atom is 0.201 e. The third kappa shape index (κ3) is 2.55. The summed E-state index contributed by atoms with van der Waals surface area (Å²) in [6.07, 6.45) is 2.91. The molecule has 0 radical (unpaired) electrons. The number of halogens is 1. The first-order valence-corrected chi connectivity index (χ1v) is 5.79. The molecule has 0 N–H and O–H groups in total. The lowest BCUT2D eigenvalue weighted by molar-refractivity contribution is 0.440. The number of hydrogen-bond donors (Lipinski definition) is 0. The average Bonchev–Trinajstić information content (AvgIpc) is 2.29. The number of hydrogen-bond acceptors (Lipinski definition) is 4. The van der Waals surface area contributed by atoms with Crippen LogP contribution in [0.15, 0.2) is 43.2 Å². The van der Waals surface area contributed by atoms with Gasteiger partial charge in [-0.25, -0.2) is 0 Å². The second-order valence-corrected chi connectivity index (χ2v) is 4.67. The van der Waals surface area contributed by atoms with Gasteiger partial charge in [0.2, 0.25) is 5.43 Å². The van der Waals surface area contributed by atoms with Crippen molar-refractivity contribution in [2.75, 3.05) is 14.1 Å². The standard InChI is InChI=1S/C12H11BrN2O2/c1-15(2)14-6-8-7-17-11-4-3-9(13)5-10(11)12(8)16/h3-7H,1-2H3. The SMILES string of the molecule is CN(C)N=Cc1coc2ccc(Br)cc2c1=O. The molecule has 0 atom stereocenters. The quantitative estimate of drug-likeness (QED) is 0.631. The summed E-state index contributed by atoms with van der Waals surface area (Å²) in [6.45, 7) is 0. The zero-order valence-corrected chi connectivity index (χ0v) is 11.1. The molecule has 0 aliphatic rings. The highest BCUT2D eigenvalue weighted by molar-refractivity contribution is 9.10. The Labute approximate surface area is 107 Å². The summed E-state index contributed by atoms with van der Waals surface area (Å²) in [4.78, 5) is 12.1.